The summed E-state index contributed by atoms with van der Waals surface area (Å²) in [6.07, 6.45) is 6.29. The van der Waals surface area contributed by atoms with Crippen LogP contribution < -0.4 is 5.32 Å². The van der Waals surface area contributed by atoms with Crippen molar-refractivity contribution in [3.05, 3.63) is 36.4 Å². The second-order valence-electron chi connectivity index (χ2n) is 3.87. The molecule has 88 valence electrons. The topological polar surface area (TPSA) is 50.7 Å². The molecule has 0 saturated heterocycles. The third-order valence-electron chi connectivity index (χ3n) is 2.43. The van der Waals surface area contributed by atoms with E-state index in [9.17, 15) is 0 Å². The van der Waals surface area contributed by atoms with Crippen LogP contribution in [0.1, 0.15) is 19.0 Å². The fraction of sp³-hybridized carbons (Fsp3) is 0.308. The van der Waals surface area contributed by atoms with Gasteiger partial charge in [0.25, 0.3) is 0 Å². The molecule has 0 atom stereocenters. The first kappa shape index (κ1) is 11.5. The highest BCUT2D eigenvalue weighted by atomic mass is 15.0. The van der Waals surface area contributed by atoms with Crippen molar-refractivity contribution in [2.75, 3.05) is 11.9 Å². The molecule has 0 unspecified atom stereocenters. The van der Waals surface area contributed by atoms with Crippen molar-refractivity contribution < 1.29 is 0 Å². The molecule has 1 N–H and O–H groups in total. The molecule has 2 aromatic rings. The Bertz CT molecular complexity index is 479. The van der Waals surface area contributed by atoms with E-state index >= 15 is 0 Å². The Morgan fingerprint density at radius 2 is 1.94 bits per heavy atom. The number of hydrogen-bond donors (Lipinski definition) is 1. The Hall–Kier alpha value is -1.97. The normalized spacial score (nSPS) is 10.2. The number of aromatic nitrogens is 3. The van der Waals surface area contributed by atoms with Gasteiger partial charge in [-0.2, -0.15) is 0 Å². The molecule has 2 heterocycles. The molecule has 4 nitrogen and oxygen atoms in total. The van der Waals surface area contributed by atoms with Gasteiger partial charge in [-0.15, -0.1) is 0 Å². The first-order valence-corrected chi connectivity index (χ1v) is 5.79. The lowest BCUT2D eigenvalue weighted by Gasteiger charge is -2.08. The van der Waals surface area contributed by atoms with Crippen LogP contribution in [0.25, 0.3) is 11.3 Å². The van der Waals surface area contributed by atoms with Crippen LogP contribution >= 0.6 is 0 Å². The third-order valence-corrected chi connectivity index (χ3v) is 2.43. The zero-order chi connectivity index (χ0) is 12.1. The van der Waals surface area contributed by atoms with Gasteiger partial charge >= 0.3 is 0 Å². The van der Waals surface area contributed by atoms with Crippen molar-refractivity contribution >= 4 is 5.82 Å². The van der Waals surface area contributed by atoms with Crippen molar-refractivity contribution in [3.63, 3.8) is 0 Å². The largest absolute Gasteiger partial charge is 0.368 e. The Morgan fingerprint density at radius 3 is 2.65 bits per heavy atom. The van der Waals surface area contributed by atoms with Crippen molar-refractivity contribution in [2.24, 2.45) is 0 Å². The van der Waals surface area contributed by atoms with Gasteiger partial charge in [0.1, 0.15) is 5.69 Å². The van der Waals surface area contributed by atoms with Crippen molar-refractivity contribution in [2.45, 2.75) is 20.3 Å². The maximum atomic E-state index is 4.37. The lowest BCUT2D eigenvalue weighted by atomic mass is 10.2. The van der Waals surface area contributed by atoms with Gasteiger partial charge < -0.3 is 5.32 Å². The molecule has 0 saturated carbocycles. The zero-order valence-corrected chi connectivity index (χ0v) is 10.1. The van der Waals surface area contributed by atoms with Gasteiger partial charge in [-0.05, 0) is 25.5 Å². The molecule has 0 spiro atoms. The molecule has 0 fully saturated rings. The fourth-order valence-electron chi connectivity index (χ4n) is 1.53. The van der Waals surface area contributed by atoms with Crippen molar-refractivity contribution in [3.8, 4) is 11.3 Å². The van der Waals surface area contributed by atoms with Crippen LogP contribution in [-0.4, -0.2) is 21.5 Å². The molecule has 0 aromatic carbocycles. The van der Waals surface area contributed by atoms with Crippen LogP contribution in [0.4, 0.5) is 5.82 Å². The zero-order valence-electron chi connectivity index (χ0n) is 10.1. The minimum Gasteiger partial charge on any atom is -0.368 e. The quantitative estimate of drug-likeness (QED) is 0.874. The smallest absolute Gasteiger partial charge is 0.152 e. The highest BCUT2D eigenvalue weighted by molar-refractivity contribution is 5.70. The van der Waals surface area contributed by atoms with E-state index in [-0.39, 0.29) is 0 Å². The van der Waals surface area contributed by atoms with Gasteiger partial charge in [-0.25, -0.2) is 4.98 Å². The summed E-state index contributed by atoms with van der Waals surface area (Å²) in [5.41, 5.74) is 2.84. The Kier molecular flexibility index (Phi) is 3.65. The molecule has 0 amide bonds. The van der Waals surface area contributed by atoms with Gasteiger partial charge in [-0.1, -0.05) is 6.92 Å². The monoisotopic (exact) mass is 228 g/mol. The molecule has 0 aliphatic carbocycles. The summed E-state index contributed by atoms with van der Waals surface area (Å²) in [6, 6.07) is 4.00. The highest BCUT2D eigenvalue weighted by Crippen LogP contribution is 2.22. The molecule has 4 heteroatoms. The molecular formula is C13H16N4. The maximum absolute atomic E-state index is 4.37. The van der Waals surface area contributed by atoms with Crippen LogP contribution in [-0.2, 0) is 0 Å². The predicted molar refractivity (Wildman–Crippen MR) is 68.8 cm³/mol. The molecule has 0 radical (unpaired) electrons. The molecule has 0 aliphatic rings. The standard InChI is InChI=1S/C13H16N4/c1-3-6-15-13-12(14-7-8-16-13)11-5-4-10(2)17-9-11/h4-5,7-9H,3,6H2,1-2H3,(H,15,16). The first-order valence-electron chi connectivity index (χ1n) is 5.79. The van der Waals surface area contributed by atoms with E-state index in [0.717, 1.165) is 35.7 Å². The van der Waals surface area contributed by atoms with Crippen LogP contribution in [0.5, 0.6) is 0 Å². The van der Waals surface area contributed by atoms with Gasteiger partial charge in [0.15, 0.2) is 5.82 Å². The van der Waals surface area contributed by atoms with Crippen LogP contribution in [0, 0.1) is 6.92 Å². The average molecular weight is 228 g/mol. The van der Waals surface area contributed by atoms with Gasteiger partial charge in [0.2, 0.25) is 0 Å². The van der Waals surface area contributed by atoms with Crippen LogP contribution in [0.2, 0.25) is 0 Å². The van der Waals surface area contributed by atoms with E-state index in [1.807, 2.05) is 25.3 Å². The Morgan fingerprint density at radius 1 is 1.12 bits per heavy atom. The summed E-state index contributed by atoms with van der Waals surface area (Å²) in [6.45, 7) is 4.98. The molecule has 0 bridgehead atoms. The summed E-state index contributed by atoms with van der Waals surface area (Å²) in [4.78, 5) is 13.0. The molecule has 2 aromatic heterocycles. The fourth-order valence-corrected chi connectivity index (χ4v) is 1.53. The SMILES string of the molecule is CCCNc1nccnc1-c1ccc(C)nc1. The second kappa shape index (κ2) is 5.39. The molecule has 17 heavy (non-hydrogen) atoms. The number of nitrogens with zero attached hydrogens (tertiary/aromatic N) is 3. The number of anilines is 1. The van der Waals surface area contributed by atoms with E-state index in [4.69, 9.17) is 0 Å². The number of aryl methyl sites for hydroxylation is 1. The first-order chi connectivity index (χ1) is 8.31. The maximum Gasteiger partial charge on any atom is 0.152 e. The third kappa shape index (κ3) is 2.78. The summed E-state index contributed by atoms with van der Waals surface area (Å²) in [5, 5.41) is 3.27. The minimum absolute atomic E-state index is 0.819. The van der Waals surface area contributed by atoms with Gasteiger partial charge in [0, 0.05) is 36.4 Å². The van der Waals surface area contributed by atoms with E-state index < -0.39 is 0 Å². The van der Waals surface area contributed by atoms with Crippen LogP contribution in [0.15, 0.2) is 30.7 Å². The Balaban J connectivity index is 2.33. The van der Waals surface area contributed by atoms with Crippen LogP contribution in [0.3, 0.4) is 0 Å². The summed E-state index contributed by atoms with van der Waals surface area (Å²) >= 11 is 0. The lowest BCUT2D eigenvalue weighted by Crippen LogP contribution is -2.04. The van der Waals surface area contributed by atoms with Crippen molar-refractivity contribution in [1.29, 1.82) is 0 Å². The van der Waals surface area contributed by atoms with E-state index in [1.165, 1.54) is 0 Å². The molecule has 0 aliphatic heterocycles. The molecular weight excluding hydrogens is 212 g/mol. The summed E-state index contributed by atoms with van der Waals surface area (Å²) in [7, 11) is 0. The average Bonchev–Trinajstić information content (AvgIpc) is 2.38. The van der Waals surface area contributed by atoms with E-state index in [1.54, 1.807) is 12.4 Å². The summed E-state index contributed by atoms with van der Waals surface area (Å²) in [5.74, 6) is 0.819. The van der Waals surface area contributed by atoms with Gasteiger partial charge in [0.05, 0.1) is 0 Å². The number of hydrogen-bond acceptors (Lipinski definition) is 4. The molecule has 2 rings (SSSR count). The summed E-state index contributed by atoms with van der Waals surface area (Å²) < 4.78 is 0. The van der Waals surface area contributed by atoms with Gasteiger partial charge in [-0.3, -0.25) is 9.97 Å². The van der Waals surface area contributed by atoms with E-state index in [0.29, 0.717) is 0 Å². The Labute approximate surface area is 101 Å². The number of nitrogens with one attached hydrogen (secondary N) is 1. The predicted octanol–water partition coefficient (Wildman–Crippen LogP) is 2.67. The second-order valence-corrected chi connectivity index (χ2v) is 3.87. The van der Waals surface area contributed by atoms with E-state index in [2.05, 4.69) is 27.2 Å². The van der Waals surface area contributed by atoms with Crippen molar-refractivity contribution in [1.82, 2.24) is 15.0 Å². The minimum atomic E-state index is 0.819. The highest BCUT2D eigenvalue weighted by Gasteiger charge is 2.06. The lowest BCUT2D eigenvalue weighted by molar-refractivity contribution is 0.965. The number of rotatable bonds is 4. The number of pyridine rings is 1.